The third-order valence-corrected chi connectivity index (χ3v) is 6.66. The Bertz CT molecular complexity index is 626. The molecule has 0 aromatic carbocycles. The Morgan fingerprint density at radius 1 is 1.27 bits per heavy atom. The number of hydrogen-bond donors (Lipinski definition) is 2. The van der Waals surface area contributed by atoms with Crippen LogP contribution in [0.3, 0.4) is 0 Å². The number of carbonyl (C=O) groups is 2. The Hall–Kier alpha value is -1.45. The quantitative estimate of drug-likeness (QED) is 0.556. The molecule has 9 heteroatoms. The molecular weight excluding hydrogens is 374 g/mol. The normalized spacial score (nSPS) is 25.5. The minimum absolute atomic E-state index is 0.558. The third kappa shape index (κ3) is 6.07. The summed E-state index contributed by atoms with van der Waals surface area (Å²) >= 11 is 3.32. The van der Waals surface area contributed by atoms with Gasteiger partial charge in [0, 0.05) is 29.9 Å². The van der Waals surface area contributed by atoms with E-state index in [0.717, 1.165) is 5.92 Å². The van der Waals surface area contributed by atoms with Crippen molar-refractivity contribution in [3.8, 4) is 0 Å². The summed E-state index contributed by atoms with van der Waals surface area (Å²) in [7, 11) is 0. The fraction of sp³-hybridized carbons (Fsp3) is 0.647. The van der Waals surface area contributed by atoms with Gasteiger partial charge in [-0.25, -0.2) is 9.59 Å². The number of piperidine rings is 3. The van der Waals surface area contributed by atoms with Crippen LogP contribution in [0.5, 0.6) is 0 Å². The van der Waals surface area contributed by atoms with E-state index in [4.69, 9.17) is 10.2 Å². The lowest BCUT2D eigenvalue weighted by molar-refractivity contribution is -0.134. The maximum Gasteiger partial charge on any atom is 0.328 e. The van der Waals surface area contributed by atoms with Gasteiger partial charge in [-0.3, -0.25) is 0 Å². The van der Waals surface area contributed by atoms with Crippen LogP contribution in [0.25, 0.3) is 0 Å². The van der Waals surface area contributed by atoms with Crippen LogP contribution < -0.4 is 0 Å². The highest BCUT2D eigenvalue weighted by Crippen LogP contribution is 2.42. The van der Waals surface area contributed by atoms with Crippen molar-refractivity contribution < 1.29 is 19.8 Å². The van der Waals surface area contributed by atoms with Gasteiger partial charge in [-0.1, -0.05) is 13.8 Å². The van der Waals surface area contributed by atoms with Gasteiger partial charge in [-0.15, -0.1) is 11.8 Å². The highest BCUT2D eigenvalue weighted by atomic mass is 32.2. The molecule has 26 heavy (non-hydrogen) atoms. The summed E-state index contributed by atoms with van der Waals surface area (Å²) in [6.07, 6.45) is 5.03. The van der Waals surface area contributed by atoms with Gasteiger partial charge in [-0.2, -0.15) is 8.75 Å². The van der Waals surface area contributed by atoms with Crippen LogP contribution in [-0.4, -0.2) is 60.7 Å². The smallest absolute Gasteiger partial charge is 0.328 e. The van der Waals surface area contributed by atoms with Crippen LogP contribution in [0.15, 0.2) is 17.2 Å². The van der Waals surface area contributed by atoms with Crippen molar-refractivity contribution in [3.05, 3.63) is 17.8 Å². The molecule has 7 nitrogen and oxygen atoms in total. The summed E-state index contributed by atoms with van der Waals surface area (Å²) < 4.78 is 9.17. The first-order valence-corrected chi connectivity index (χ1v) is 10.4. The molecule has 2 bridgehead atoms. The Morgan fingerprint density at radius 3 is 2.35 bits per heavy atom. The van der Waals surface area contributed by atoms with E-state index in [1.165, 1.54) is 61.3 Å². The fourth-order valence-corrected chi connectivity index (χ4v) is 4.90. The summed E-state index contributed by atoms with van der Waals surface area (Å²) in [5.41, 5.74) is 1.31. The number of aromatic nitrogens is 2. The Labute approximate surface area is 161 Å². The molecule has 1 aromatic heterocycles. The van der Waals surface area contributed by atoms with E-state index in [-0.39, 0.29) is 0 Å². The van der Waals surface area contributed by atoms with Crippen LogP contribution in [0.4, 0.5) is 0 Å². The molecular formula is C17H25N3O4S2. The van der Waals surface area contributed by atoms with Crippen molar-refractivity contribution in [2.45, 2.75) is 49.3 Å². The van der Waals surface area contributed by atoms with E-state index in [1.807, 2.05) is 11.8 Å². The number of aliphatic carboxylic acids is 2. The number of carboxylic acids is 2. The van der Waals surface area contributed by atoms with E-state index in [2.05, 4.69) is 27.5 Å². The van der Waals surface area contributed by atoms with Gasteiger partial charge in [0.25, 0.3) is 0 Å². The van der Waals surface area contributed by atoms with E-state index < -0.39 is 11.9 Å². The van der Waals surface area contributed by atoms with Crippen LogP contribution >= 0.6 is 23.5 Å². The van der Waals surface area contributed by atoms with Crippen LogP contribution in [0.2, 0.25) is 0 Å². The summed E-state index contributed by atoms with van der Waals surface area (Å²) in [5.74, 6) is -1.01. The van der Waals surface area contributed by atoms with Gasteiger partial charge in [-0.05, 0) is 38.3 Å². The second-order valence-corrected chi connectivity index (χ2v) is 8.50. The maximum absolute atomic E-state index is 9.55. The molecule has 0 spiro atoms. The largest absolute Gasteiger partial charge is 0.478 e. The average Bonchev–Trinajstić information content (AvgIpc) is 3.09. The lowest BCUT2D eigenvalue weighted by Gasteiger charge is -2.44. The van der Waals surface area contributed by atoms with Gasteiger partial charge in [0.2, 0.25) is 0 Å². The Balaban J connectivity index is 0.000000260. The monoisotopic (exact) mass is 399 g/mol. The third-order valence-electron chi connectivity index (χ3n) is 4.75. The molecule has 2 atom stereocenters. The molecule has 3 fully saturated rings. The lowest BCUT2D eigenvalue weighted by atomic mass is 9.78. The Kier molecular flexibility index (Phi) is 8.05. The first-order valence-electron chi connectivity index (χ1n) is 8.76. The number of hydrogen-bond acceptors (Lipinski definition) is 7. The van der Waals surface area contributed by atoms with E-state index in [1.54, 1.807) is 0 Å². The topological polar surface area (TPSA) is 104 Å². The minimum atomic E-state index is -1.26. The van der Waals surface area contributed by atoms with Crippen molar-refractivity contribution in [2.75, 3.05) is 19.6 Å². The molecule has 2 N–H and O–H groups in total. The molecule has 4 heterocycles. The highest BCUT2D eigenvalue weighted by molar-refractivity contribution is 7.99. The van der Waals surface area contributed by atoms with Crippen molar-refractivity contribution >= 4 is 35.4 Å². The highest BCUT2D eigenvalue weighted by Gasteiger charge is 2.37. The molecule has 144 valence electrons. The molecule has 0 amide bonds. The molecule has 3 aliphatic rings. The zero-order valence-electron chi connectivity index (χ0n) is 15.0. The second-order valence-electron chi connectivity index (χ2n) is 6.55. The molecule has 1 aromatic rings. The van der Waals surface area contributed by atoms with Gasteiger partial charge in [0.15, 0.2) is 0 Å². The zero-order chi connectivity index (χ0) is 19.1. The standard InChI is InChI=1S/C13H21N3S2.C4H4O4/c1-3-9(2)17-13-12(14-18-15-13)11-8-16-6-4-10(11)5-7-16;5-3(6)1-2-4(7)8/h9-11H,3-8H2,1-2H3;1-2H,(H,5,6)(H,7,8)/b;2-1+. The van der Waals surface area contributed by atoms with E-state index in [0.29, 0.717) is 23.3 Å². The molecule has 0 aliphatic carbocycles. The van der Waals surface area contributed by atoms with Gasteiger partial charge >= 0.3 is 11.9 Å². The average molecular weight is 400 g/mol. The number of nitrogens with zero attached hydrogens (tertiary/aromatic N) is 3. The number of fused-ring (bicyclic) bond motifs is 3. The molecule has 4 rings (SSSR count). The number of carboxylic acid groups (broad SMARTS) is 2. The van der Waals surface area contributed by atoms with Crippen LogP contribution in [0, 0.1) is 5.92 Å². The van der Waals surface area contributed by atoms with Crippen molar-refractivity contribution in [1.29, 1.82) is 0 Å². The summed E-state index contributed by atoms with van der Waals surface area (Å²) in [4.78, 5) is 21.7. The van der Waals surface area contributed by atoms with Crippen LogP contribution in [-0.2, 0) is 9.59 Å². The first-order chi connectivity index (χ1) is 12.4. The zero-order valence-corrected chi connectivity index (χ0v) is 16.6. The van der Waals surface area contributed by atoms with Crippen LogP contribution in [0.1, 0.15) is 44.7 Å². The molecule has 3 aliphatic heterocycles. The minimum Gasteiger partial charge on any atom is -0.478 e. The summed E-state index contributed by atoms with van der Waals surface area (Å²) in [6.45, 7) is 8.33. The first kappa shape index (κ1) is 20.9. The number of rotatable bonds is 6. The summed E-state index contributed by atoms with van der Waals surface area (Å²) in [6, 6.07) is 0. The second kappa shape index (κ2) is 10.0. The fourth-order valence-electron chi connectivity index (χ4n) is 3.19. The van der Waals surface area contributed by atoms with Gasteiger partial charge < -0.3 is 15.1 Å². The molecule has 2 unspecified atom stereocenters. The predicted molar refractivity (Wildman–Crippen MR) is 102 cm³/mol. The van der Waals surface area contributed by atoms with Crippen molar-refractivity contribution in [3.63, 3.8) is 0 Å². The molecule has 0 radical (unpaired) electrons. The van der Waals surface area contributed by atoms with Crippen molar-refractivity contribution in [2.24, 2.45) is 5.92 Å². The molecule has 3 saturated heterocycles. The Morgan fingerprint density at radius 2 is 1.88 bits per heavy atom. The predicted octanol–water partition coefficient (Wildman–Crippen LogP) is 2.95. The van der Waals surface area contributed by atoms with Gasteiger partial charge in [0.1, 0.15) is 5.03 Å². The number of thioether (sulfide) groups is 1. The molecule has 0 saturated carbocycles. The maximum atomic E-state index is 9.55. The lowest BCUT2D eigenvalue weighted by Crippen LogP contribution is -2.46. The van der Waals surface area contributed by atoms with Crippen molar-refractivity contribution in [1.82, 2.24) is 13.6 Å². The SMILES string of the molecule is CCC(C)Sc1nsnc1C1CN2CCC1CC2.O=C(O)/C=C/C(=O)O. The van der Waals surface area contributed by atoms with E-state index in [9.17, 15) is 9.59 Å². The summed E-state index contributed by atoms with van der Waals surface area (Å²) in [5, 5.41) is 17.5. The van der Waals surface area contributed by atoms with E-state index >= 15 is 0 Å². The van der Waals surface area contributed by atoms with Gasteiger partial charge in [0.05, 0.1) is 17.4 Å².